The topological polar surface area (TPSA) is 65.4 Å². The smallest absolute Gasteiger partial charge is 0.376 e. The number of rotatable bonds is 3. The third kappa shape index (κ3) is 4.93. The van der Waals surface area contributed by atoms with Crippen LogP contribution in [0, 0.1) is 11.5 Å². The Morgan fingerprint density at radius 2 is 1.85 bits per heavy atom. The molecule has 0 unspecified atom stereocenters. The van der Waals surface area contributed by atoms with Gasteiger partial charge in [0.2, 0.25) is 5.91 Å². The first-order valence-corrected chi connectivity index (χ1v) is 12.8. The van der Waals surface area contributed by atoms with Gasteiger partial charge in [-0.15, -0.1) is 11.5 Å². The van der Waals surface area contributed by atoms with E-state index < -0.39 is 29.4 Å². The Balaban J connectivity index is 2.47. The van der Waals surface area contributed by atoms with Gasteiger partial charge in [-0.1, -0.05) is 19.6 Å². The highest BCUT2D eigenvalue weighted by Gasteiger charge is 2.48. The molecule has 0 bridgehead atoms. The molecule has 0 fully saturated rings. The van der Waals surface area contributed by atoms with Crippen molar-refractivity contribution in [2.45, 2.75) is 38.5 Å². The zero-order valence-corrected chi connectivity index (χ0v) is 17.0. The maximum absolute atomic E-state index is 12.5. The second-order valence-electron chi connectivity index (χ2n) is 6.92. The van der Waals surface area contributed by atoms with Crippen molar-refractivity contribution >= 4 is 35.0 Å². The lowest BCUT2D eigenvalue weighted by Gasteiger charge is -2.09. The van der Waals surface area contributed by atoms with E-state index in [9.17, 15) is 26.4 Å². The molecule has 0 saturated heterocycles. The van der Waals surface area contributed by atoms with Gasteiger partial charge >= 0.3 is 15.6 Å². The van der Waals surface area contributed by atoms with Gasteiger partial charge in [-0.2, -0.15) is 21.6 Å². The van der Waals surface area contributed by atoms with Crippen LogP contribution in [0.4, 0.5) is 13.2 Å². The van der Waals surface area contributed by atoms with Gasteiger partial charge in [0.15, 0.2) is 0 Å². The number of alkyl halides is 3. The van der Waals surface area contributed by atoms with Crippen molar-refractivity contribution in [3.8, 4) is 17.2 Å². The van der Waals surface area contributed by atoms with Crippen molar-refractivity contribution in [3.63, 3.8) is 0 Å². The Hall–Kier alpha value is -2.25. The van der Waals surface area contributed by atoms with Crippen molar-refractivity contribution in [1.29, 1.82) is 0 Å². The second-order valence-corrected chi connectivity index (χ2v) is 13.2. The van der Waals surface area contributed by atoms with Crippen LogP contribution in [-0.4, -0.2) is 32.5 Å². The van der Waals surface area contributed by atoms with Crippen LogP contribution in [0.2, 0.25) is 19.6 Å². The van der Waals surface area contributed by atoms with Gasteiger partial charge in [0.1, 0.15) is 13.8 Å². The standard InChI is InChI=1S/C17H18F3NO4SSi/c1-12(22)21-14(6-5-9-27(2,3)4)10-13-11-15(7-8-16(13)21)25-26(23,24)17(18,19)20/h7-8,10-11H,6H2,1-4H3. The highest BCUT2D eigenvalue weighted by Crippen LogP contribution is 2.30. The number of fused-ring (bicyclic) bond motifs is 1. The minimum Gasteiger partial charge on any atom is -0.376 e. The average Bonchev–Trinajstić information content (AvgIpc) is 2.81. The van der Waals surface area contributed by atoms with E-state index >= 15 is 0 Å². The molecule has 0 amide bonds. The summed E-state index contributed by atoms with van der Waals surface area (Å²) in [4.78, 5) is 12.0. The summed E-state index contributed by atoms with van der Waals surface area (Å²) in [6.45, 7) is 7.58. The van der Waals surface area contributed by atoms with Gasteiger partial charge < -0.3 is 4.18 Å². The Labute approximate surface area is 156 Å². The predicted molar refractivity (Wildman–Crippen MR) is 98.7 cm³/mol. The van der Waals surface area contributed by atoms with E-state index in [0.717, 1.165) is 12.1 Å². The molecule has 27 heavy (non-hydrogen) atoms. The summed E-state index contributed by atoms with van der Waals surface area (Å²) < 4.78 is 65.3. The van der Waals surface area contributed by atoms with Gasteiger partial charge in [0.05, 0.1) is 5.52 Å². The molecular formula is C17H18F3NO4SSi. The van der Waals surface area contributed by atoms with E-state index in [1.54, 1.807) is 6.07 Å². The van der Waals surface area contributed by atoms with Gasteiger partial charge in [-0.05, 0) is 24.3 Å². The molecule has 0 aliphatic rings. The summed E-state index contributed by atoms with van der Waals surface area (Å²) in [7, 11) is -7.36. The summed E-state index contributed by atoms with van der Waals surface area (Å²) >= 11 is 0. The zero-order valence-electron chi connectivity index (χ0n) is 15.1. The Morgan fingerprint density at radius 3 is 2.37 bits per heavy atom. The molecule has 0 radical (unpaired) electrons. The lowest BCUT2D eigenvalue weighted by Crippen LogP contribution is -2.28. The highest BCUT2D eigenvalue weighted by molar-refractivity contribution is 7.88. The van der Waals surface area contributed by atoms with Gasteiger partial charge in [-0.3, -0.25) is 9.36 Å². The first kappa shape index (κ1) is 21.1. The van der Waals surface area contributed by atoms with Gasteiger partial charge in [0.25, 0.3) is 0 Å². The summed E-state index contributed by atoms with van der Waals surface area (Å²) in [5.41, 5.74) is -1.34. The molecule has 10 heteroatoms. The maximum atomic E-state index is 12.5. The van der Waals surface area contributed by atoms with Crippen molar-refractivity contribution in [1.82, 2.24) is 4.57 Å². The minimum absolute atomic E-state index is 0.286. The zero-order chi connectivity index (χ0) is 20.6. The van der Waals surface area contributed by atoms with Crippen LogP contribution in [0.15, 0.2) is 24.3 Å². The van der Waals surface area contributed by atoms with Crippen LogP contribution in [0.1, 0.15) is 17.4 Å². The third-order valence-corrected chi connectivity index (χ3v) is 5.29. The van der Waals surface area contributed by atoms with Gasteiger partial charge in [-0.25, -0.2) is 0 Å². The fourth-order valence-electron chi connectivity index (χ4n) is 2.38. The molecule has 5 nitrogen and oxygen atoms in total. The maximum Gasteiger partial charge on any atom is 0.534 e. The van der Waals surface area contributed by atoms with Crippen molar-refractivity contribution in [2.75, 3.05) is 0 Å². The molecule has 146 valence electrons. The Bertz CT molecular complexity index is 1050. The molecule has 0 N–H and O–H groups in total. The molecule has 2 rings (SSSR count). The fourth-order valence-corrected chi connectivity index (χ4v) is 3.45. The summed E-state index contributed by atoms with van der Waals surface area (Å²) in [5.74, 6) is 2.26. The quantitative estimate of drug-likeness (QED) is 0.328. The normalized spacial score (nSPS) is 12.6. The molecule has 0 aliphatic carbocycles. The number of nitrogens with zero attached hydrogens (tertiary/aromatic N) is 1. The average molecular weight is 417 g/mol. The molecule has 0 saturated carbocycles. The van der Waals surface area contributed by atoms with E-state index in [0.29, 0.717) is 16.6 Å². The number of halogens is 3. The number of carbonyl (C=O) groups excluding carboxylic acids is 1. The van der Waals surface area contributed by atoms with Gasteiger partial charge in [0, 0.05) is 24.4 Å². The minimum atomic E-state index is -5.76. The Morgan fingerprint density at radius 1 is 1.22 bits per heavy atom. The molecular weight excluding hydrogens is 399 g/mol. The second kappa shape index (κ2) is 7.05. The SMILES string of the molecule is CC(=O)n1c(CC#C[Si](C)(C)C)cc2cc(OS(=O)(=O)C(F)(F)F)ccc21. The Kier molecular flexibility index (Phi) is 5.50. The van der Waals surface area contributed by atoms with Crippen molar-refractivity contribution < 1.29 is 30.6 Å². The molecule has 0 atom stereocenters. The van der Waals surface area contributed by atoms with Crippen LogP contribution in [0.3, 0.4) is 0 Å². The lowest BCUT2D eigenvalue weighted by atomic mass is 10.2. The van der Waals surface area contributed by atoms with Crippen molar-refractivity contribution in [2.24, 2.45) is 0 Å². The van der Waals surface area contributed by atoms with Crippen LogP contribution < -0.4 is 4.18 Å². The number of hydrogen-bond donors (Lipinski definition) is 0. The largest absolute Gasteiger partial charge is 0.534 e. The summed E-state index contributed by atoms with van der Waals surface area (Å²) in [5, 5.41) is 0.380. The number of hydrogen-bond acceptors (Lipinski definition) is 4. The van der Waals surface area contributed by atoms with E-state index in [1.807, 2.05) is 0 Å². The van der Waals surface area contributed by atoms with Crippen LogP contribution in [0.5, 0.6) is 5.75 Å². The van der Waals surface area contributed by atoms with E-state index in [4.69, 9.17) is 0 Å². The van der Waals surface area contributed by atoms with Crippen LogP contribution in [-0.2, 0) is 16.5 Å². The molecule has 2 aromatic rings. The lowest BCUT2D eigenvalue weighted by molar-refractivity contribution is -0.0500. The number of carbonyl (C=O) groups is 1. The summed E-state index contributed by atoms with van der Waals surface area (Å²) in [6.07, 6.45) is 0.287. The monoisotopic (exact) mass is 417 g/mol. The molecule has 1 aromatic heterocycles. The fraction of sp³-hybridized carbons (Fsp3) is 0.353. The van der Waals surface area contributed by atoms with E-state index in [-0.39, 0.29) is 12.3 Å². The van der Waals surface area contributed by atoms with E-state index in [1.165, 1.54) is 17.6 Å². The third-order valence-electron chi connectivity index (χ3n) is 3.39. The summed E-state index contributed by atoms with van der Waals surface area (Å²) in [6, 6.07) is 5.15. The van der Waals surface area contributed by atoms with E-state index in [2.05, 4.69) is 35.3 Å². The first-order valence-electron chi connectivity index (χ1n) is 7.87. The number of aromatic nitrogens is 1. The predicted octanol–water partition coefficient (Wildman–Crippen LogP) is 3.95. The van der Waals surface area contributed by atoms with Crippen molar-refractivity contribution in [3.05, 3.63) is 30.0 Å². The highest BCUT2D eigenvalue weighted by atomic mass is 32.2. The molecule has 0 spiro atoms. The molecule has 1 aromatic carbocycles. The van der Waals surface area contributed by atoms with Crippen LogP contribution >= 0.6 is 0 Å². The molecule has 1 heterocycles. The number of benzene rings is 1. The first-order chi connectivity index (χ1) is 12.2. The molecule has 0 aliphatic heterocycles. The van der Waals surface area contributed by atoms with Crippen LogP contribution in [0.25, 0.3) is 10.9 Å².